The fourth-order valence-corrected chi connectivity index (χ4v) is 4.91. The van der Waals surface area contributed by atoms with Gasteiger partial charge in [-0.3, -0.25) is 0 Å². The van der Waals surface area contributed by atoms with Crippen LogP contribution in [0.4, 0.5) is 0 Å². The quantitative estimate of drug-likeness (QED) is 0.348. The summed E-state index contributed by atoms with van der Waals surface area (Å²) in [5.41, 5.74) is 3.63. The van der Waals surface area contributed by atoms with Gasteiger partial charge in [0.15, 0.2) is 5.82 Å². The summed E-state index contributed by atoms with van der Waals surface area (Å²) in [5.74, 6) is 1.38. The maximum atomic E-state index is 9.87. The summed E-state index contributed by atoms with van der Waals surface area (Å²) in [5, 5.41) is 9.87. The van der Waals surface area contributed by atoms with Crippen molar-refractivity contribution in [1.82, 2.24) is 9.97 Å². The molecule has 1 aliphatic rings. The van der Waals surface area contributed by atoms with Gasteiger partial charge in [0.05, 0.1) is 11.5 Å². The van der Waals surface area contributed by atoms with Crippen LogP contribution >= 0.6 is 0 Å². The number of aryl methyl sites for hydroxylation is 1. The van der Waals surface area contributed by atoms with E-state index in [0.717, 1.165) is 49.9 Å². The van der Waals surface area contributed by atoms with Gasteiger partial charge in [-0.15, -0.1) is 0 Å². The third kappa shape index (κ3) is 6.63. The minimum Gasteiger partial charge on any atom is -0.236 e. The van der Waals surface area contributed by atoms with Crippen molar-refractivity contribution in [2.45, 2.75) is 103 Å². The zero-order chi connectivity index (χ0) is 21.9. The van der Waals surface area contributed by atoms with Crippen molar-refractivity contribution >= 4 is 0 Å². The van der Waals surface area contributed by atoms with Crippen molar-refractivity contribution in [3.63, 3.8) is 0 Å². The van der Waals surface area contributed by atoms with E-state index in [2.05, 4.69) is 54.2 Å². The Hall–Kier alpha value is -2.21. The molecule has 0 aliphatic heterocycles. The Morgan fingerprint density at radius 3 is 2.16 bits per heavy atom. The lowest BCUT2D eigenvalue weighted by Gasteiger charge is -2.35. The van der Waals surface area contributed by atoms with Crippen LogP contribution in [0.1, 0.15) is 108 Å². The molecule has 1 aromatic heterocycles. The lowest BCUT2D eigenvalue weighted by Crippen LogP contribution is -2.25. The summed E-state index contributed by atoms with van der Waals surface area (Å²) >= 11 is 0. The summed E-state index contributed by atoms with van der Waals surface area (Å²) in [6.45, 7) is 4.46. The van der Waals surface area contributed by atoms with E-state index < -0.39 is 0 Å². The minimum absolute atomic E-state index is 0.0734. The van der Waals surface area contributed by atoms with Gasteiger partial charge in [-0.05, 0) is 62.0 Å². The summed E-state index contributed by atoms with van der Waals surface area (Å²) < 4.78 is 0. The molecule has 1 aliphatic carbocycles. The average Bonchev–Trinajstić information content (AvgIpc) is 2.83. The molecule has 1 fully saturated rings. The third-order valence-corrected chi connectivity index (χ3v) is 7.10. The van der Waals surface area contributed by atoms with E-state index in [4.69, 9.17) is 0 Å². The number of nitrogens with zero attached hydrogens (tertiary/aromatic N) is 3. The van der Waals surface area contributed by atoms with E-state index in [9.17, 15) is 5.26 Å². The summed E-state index contributed by atoms with van der Waals surface area (Å²) in [6.07, 6.45) is 19.2. The molecular formula is C28H39N3. The highest BCUT2D eigenvalue weighted by Gasteiger charge is 2.35. The second-order valence-corrected chi connectivity index (χ2v) is 9.47. The molecule has 0 atom stereocenters. The molecule has 0 saturated heterocycles. The Morgan fingerprint density at radius 1 is 0.903 bits per heavy atom. The fourth-order valence-electron chi connectivity index (χ4n) is 4.91. The van der Waals surface area contributed by atoms with Crippen LogP contribution in [0.5, 0.6) is 0 Å². The van der Waals surface area contributed by atoms with Crippen molar-refractivity contribution in [2.24, 2.45) is 5.41 Å². The van der Waals surface area contributed by atoms with E-state index in [0.29, 0.717) is 5.92 Å². The number of unbranched alkanes of at least 4 members (excludes halogenated alkanes) is 5. The van der Waals surface area contributed by atoms with Crippen LogP contribution in [0, 0.1) is 16.7 Å². The second kappa shape index (κ2) is 12.0. The number of benzene rings is 1. The molecule has 0 N–H and O–H groups in total. The number of aromatic nitrogens is 2. The molecule has 1 saturated carbocycles. The predicted molar refractivity (Wildman–Crippen MR) is 129 cm³/mol. The Balaban J connectivity index is 1.53. The highest BCUT2D eigenvalue weighted by Crippen LogP contribution is 2.45. The van der Waals surface area contributed by atoms with Gasteiger partial charge in [0, 0.05) is 18.0 Å². The zero-order valence-corrected chi connectivity index (χ0v) is 19.6. The van der Waals surface area contributed by atoms with E-state index in [1.165, 1.54) is 56.1 Å². The topological polar surface area (TPSA) is 49.6 Å². The molecule has 0 spiro atoms. The number of hydrogen-bond donors (Lipinski definition) is 0. The van der Waals surface area contributed by atoms with Gasteiger partial charge in [0.25, 0.3) is 0 Å². The van der Waals surface area contributed by atoms with Gasteiger partial charge in [-0.25, -0.2) is 9.97 Å². The first-order valence-electron chi connectivity index (χ1n) is 12.5. The maximum Gasteiger partial charge on any atom is 0.159 e. The summed E-state index contributed by atoms with van der Waals surface area (Å²) in [7, 11) is 0. The van der Waals surface area contributed by atoms with Gasteiger partial charge < -0.3 is 0 Å². The van der Waals surface area contributed by atoms with Gasteiger partial charge in [-0.1, -0.05) is 76.6 Å². The van der Waals surface area contributed by atoms with Crippen LogP contribution in [0.25, 0.3) is 11.4 Å². The number of rotatable bonds is 11. The van der Waals surface area contributed by atoms with Crippen LogP contribution in [0.2, 0.25) is 0 Å². The normalized spacial score (nSPS) is 21.0. The first-order valence-corrected chi connectivity index (χ1v) is 12.5. The molecule has 0 bridgehead atoms. The van der Waals surface area contributed by atoms with Gasteiger partial charge in [0.2, 0.25) is 0 Å². The fraction of sp³-hybridized carbons (Fsp3) is 0.607. The molecule has 3 nitrogen and oxygen atoms in total. The van der Waals surface area contributed by atoms with Crippen LogP contribution < -0.4 is 0 Å². The molecule has 1 aromatic carbocycles. The first kappa shape index (κ1) is 23.5. The van der Waals surface area contributed by atoms with Crippen molar-refractivity contribution < 1.29 is 0 Å². The SMILES string of the molecule is CCCCCCCC1(C#N)CCC(c2ccc(-c3ncc(CCCC)cn3)cc2)CC1. The average molecular weight is 418 g/mol. The standard InChI is InChI=1S/C28H39N3/c1-3-5-7-8-9-17-28(22-29)18-15-25(16-19-28)24-11-13-26(14-12-24)27-30-20-23(21-31-27)10-6-4-2/h11-14,20-21,25H,3-10,15-19H2,1-2H3. The van der Waals surface area contributed by atoms with Crippen LogP contribution in [-0.2, 0) is 6.42 Å². The third-order valence-electron chi connectivity index (χ3n) is 7.10. The monoisotopic (exact) mass is 417 g/mol. The zero-order valence-electron chi connectivity index (χ0n) is 19.6. The smallest absolute Gasteiger partial charge is 0.159 e. The summed E-state index contributed by atoms with van der Waals surface area (Å²) in [4.78, 5) is 9.15. The Labute approximate surface area is 189 Å². The first-order chi connectivity index (χ1) is 15.2. The van der Waals surface area contributed by atoms with Gasteiger partial charge in [0.1, 0.15) is 0 Å². The van der Waals surface area contributed by atoms with E-state index in [-0.39, 0.29) is 5.41 Å². The molecule has 1 heterocycles. The Bertz CT molecular complexity index is 809. The molecule has 2 aromatic rings. The van der Waals surface area contributed by atoms with Crippen molar-refractivity contribution in [3.05, 3.63) is 47.8 Å². The lowest BCUT2D eigenvalue weighted by molar-refractivity contribution is 0.223. The molecule has 31 heavy (non-hydrogen) atoms. The molecule has 0 unspecified atom stereocenters. The molecule has 0 amide bonds. The lowest BCUT2D eigenvalue weighted by atomic mass is 9.67. The number of nitriles is 1. The molecule has 3 heteroatoms. The predicted octanol–water partition coefficient (Wildman–Crippen LogP) is 8.01. The highest BCUT2D eigenvalue weighted by atomic mass is 14.9. The molecular weight excluding hydrogens is 378 g/mol. The highest BCUT2D eigenvalue weighted by molar-refractivity contribution is 5.55. The van der Waals surface area contributed by atoms with E-state index in [1.54, 1.807) is 0 Å². The van der Waals surface area contributed by atoms with Crippen molar-refractivity contribution in [2.75, 3.05) is 0 Å². The van der Waals surface area contributed by atoms with Crippen molar-refractivity contribution in [1.29, 1.82) is 5.26 Å². The van der Waals surface area contributed by atoms with Crippen LogP contribution in [-0.4, -0.2) is 9.97 Å². The molecule has 3 rings (SSSR count). The number of hydrogen-bond acceptors (Lipinski definition) is 3. The largest absolute Gasteiger partial charge is 0.236 e. The molecule has 166 valence electrons. The maximum absolute atomic E-state index is 9.87. The molecule has 0 radical (unpaired) electrons. The van der Waals surface area contributed by atoms with E-state index in [1.807, 2.05) is 12.4 Å². The van der Waals surface area contributed by atoms with Gasteiger partial charge >= 0.3 is 0 Å². The second-order valence-electron chi connectivity index (χ2n) is 9.47. The Morgan fingerprint density at radius 2 is 1.55 bits per heavy atom. The summed E-state index contributed by atoms with van der Waals surface area (Å²) in [6, 6.07) is 11.5. The van der Waals surface area contributed by atoms with Crippen LogP contribution in [0.3, 0.4) is 0 Å². The van der Waals surface area contributed by atoms with E-state index >= 15 is 0 Å². The van der Waals surface area contributed by atoms with Gasteiger partial charge in [-0.2, -0.15) is 5.26 Å². The van der Waals surface area contributed by atoms with Crippen LogP contribution in [0.15, 0.2) is 36.7 Å². The minimum atomic E-state index is -0.0734. The van der Waals surface area contributed by atoms with Crippen molar-refractivity contribution in [3.8, 4) is 17.5 Å². The Kier molecular flexibility index (Phi) is 9.07.